The topological polar surface area (TPSA) is 62.7 Å². The van der Waals surface area contributed by atoms with Crippen LogP contribution in [-0.2, 0) is 11.3 Å². The summed E-state index contributed by atoms with van der Waals surface area (Å²) in [6.07, 6.45) is 0.925. The summed E-state index contributed by atoms with van der Waals surface area (Å²) in [5, 5.41) is 10.1. The fraction of sp³-hybridized carbons (Fsp3) is 0.412. The van der Waals surface area contributed by atoms with E-state index in [-0.39, 0.29) is 0 Å². The maximum atomic E-state index is 10.9. The zero-order valence-corrected chi connectivity index (χ0v) is 12.4. The monoisotopic (exact) mass is 300 g/mol. The predicted molar refractivity (Wildman–Crippen MR) is 83.7 cm³/mol. The summed E-state index contributed by atoms with van der Waals surface area (Å²) in [5.74, 6) is 0.441. The number of aromatic nitrogens is 1. The second-order valence-corrected chi connectivity index (χ2v) is 5.72. The third-order valence-electron chi connectivity index (χ3n) is 4.14. The maximum Gasteiger partial charge on any atom is 0.407 e. The lowest BCUT2D eigenvalue weighted by molar-refractivity contribution is 0.0556. The molecular weight excluding hydrogens is 280 g/mol. The summed E-state index contributed by atoms with van der Waals surface area (Å²) < 4.78 is 5.78. The minimum atomic E-state index is -0.820. The molecule has 1 aliphatic rings. The molecule has 22 heavy (non-hydrogen) atoms. The average molecular weight is 300 g/mol. The Labute approximate surface area is 129 Å². The van der Waals surface area contributed by atoms with Crippen LogP contribution in [0.1, 0.15) is 18.5 Å². The number of fused-ring (bicyclic) bond motifs is 1. The number of pyridine rings is 1. The van der Waals surface area contributed by atoms with Gasteiger partial charge in [0.15, 0.2) is 0 Å². The third-order valence-corrected chi connectivity index (χ3v) is 4.14. The number of amides is 1. The van der Waals surface area contributed by atoms with E-state index in [2.05, 4.69) is 11.1 Å². The van der Waals surface area contributed by atoms with E-state index < -0.39 is 6.09 Å². The van der Waals surface area contributed by atoms with Gasteiger partial charge in [0, 0.05) is 18.5 Å². The quantitative estimate of drug-likeness (QED) is 0.942. The highest BCUT2D eigenvalue weighted by atomic mass is 16.5. The Morgan fingerprint density at radius 2 is 2.00 bits per heavy atom. The van der Waals surface area contributed by atoms with Crippen molar-refractivity contribution in [3.63, 3.8) is 0 Å². The van der Waals surface area contributed by atoms with Crippen molar-refractivity contribution in [2.45, 2.75) is 19.4 Å². The van der Waals surface area contributed by atoms with E-state index in [0.29, 0.717) is 32.2 Å². The molecule has 2 aromatic rings. The van der Waals surface area contributed by atoms with Gasteiger partial charge in [0.1, 0.15) is 0 Å². The molecule has 0 bridgehead atoms. The van der Waals surface area contributed by atoms with Crippen LogP contribution in [0.2, 0.25) is 0 Å². The van der Waals surface area contributed by atoms with Gasteiger partial charge < -0.3 is 14.7 Å². The fourth-order valence-corrected chi connectivity index (χ4v) is 2.81. The number of carboxylic acid groups (broad SMARTS) is 1. The van der Waals surface area contributed by atoms with Crippen LogP contribution in [0.5, 0.6) is 0 Å². The van der Waals surface area contributed by atoms with Crippen molar-refractivity contribution in [1.29, 1.82) is 0 Å². The van der Waals surface area contributed by atoms with Gasteiger partial charge in [-0.3, -0.25) is 4.98 Å². The number of ether oxygens (including phenoxy) is 1. The molecule has 2 heterocycles. The van der Waals surface area contributed by atoms with E-state index in [1.165, 1.54) is 4.90 Å². The van der Waals surface area contributed by atoms with Crippen LogP contribution in [0.25, 0.3) is 10.9 Å². The van der Waals surface area contributed by atoms with Crippen molar-refractivity contribution in [3.8, 4) is 0 Å². The van der Waals surface area contributed by atoms with E-state index in [1.54, 1.807) is 0 Å². The average Bonchev–Trinajstić information content (AvgIpc) is 2.55. The van der Waals surface area contributed by atoms with E-state index in [1.807, 2.05) is 30.3 Å². The summed E-state index contributed by atoms with van der Waals surface area (Å²) in [7, 11) is 0. The van der Waals surface area contributed by atoms with Gasteiger partial charge in [0.25, 0.3) is 0 Å². The Balaban J connectivity index is 1.47. The molecule has 1 fully saturated rings. The summed E-state index contributed by atoms with van der Waals surface area (Å²) in [6.45, 7) is 2.39. The third kappa shape index (κ3) is 3.54. The second kappa shape index (κ2) is 6.75. The van der Waals surface area contributed by atoms with Crippen LogP contribution < -0.4 is 0 Å². The molecule has 1 aromatic heterocycles. The van der Waals surface area contributed by atoms with Crippen LogP contribution in [0.15, 0.2) is 36.4 Å². The van der Waals surface area contributed by atoms with Crippen molar-refractivity contribution in [1.82, 2.24) is 9.88 Å². The molecule has 5 nitrogen and oxygen atoms in total. The van der Waals surface area contributed by atoms with E-state index in [0.717, 1.165) is 29.4 Å². The molecule has 1 amide bonds. The Hall–Kier alpha value is -2.14. The van der Waals surface area contributed by atoms with Crippen LogP contribution in [-0.4, -0.2) is 40.8 Å². The Morgan fingerprint density at radius 1 is 1.23 bits per heavy atom. The number of benzene rings is 1. The van der Waals surface area contributed by atoms with Crippen molar-refractivity contribution < 1.29 is 14.6 Å². The standard InChI is InChI=1S/C17H20N2O3/c20-17(21)19-9-7-13(8-10-19)11-22-12-15-6-5-14-3-1-2-4-16(14)18-15/h1-6,13H,7-12H2,(H,20,21). The molecule has 1 N–H and O–H groups in total. The molecule has 0 aliphatic carbocycles. The van der Waals surface area contributed by atoms with Crippen molar-refractivity contribution in [2.24, 2.45) is 5.92 Å². The summed E-state index contributed by atoms with van der Waals surface area (Å²) in [4.78, 5) is 16.9. The molecule has 3 rings (SSSR count). The molecule has 0 unspecified atom stereocenters. The maximum absolute atomic E-state index is 10.9. The lowest BCUT2D eigenvalue weighted by Crippen LogP contribution is -2.38. The molecule has 0 radical (unpaired) electrons. The van der Waals surface area contributed by atoms with Crippen molar-refractivity contribution >= 4 is 17.0 Å². The molecule has 0 spiro atoms. The molecule has 1 saturated heterocycles. The number of likely N-dealkylation sites (tertiary alicyclic amines) is 1. The number of nitrogens with zero attached hydrogens (tertiary/aromatic N) is 2. The van der Waals surface area contributed by atoms with Crippen LogP contribution in [0, 0.1) is 5.92 Å². The zero-order chi connectivity index (χ0) is 15.4. The summed E-state index contributed by atoms with van der Waals surface area (Å²) >= 11 is 0. The predicted octanol–water partition coefficient (Wildman–Crippen LogP) is 3.14. The van der Waals surface area contributed by atoms with E-state index >= 15 is 0 Å². The molecular formula is C17H20N2O3. The highest BCUT2D eigenvalue weighted by Crippen LogP contribution is 2.18. The minimum Gasteiger partial charge on any atom is -0.465 e. The van der Waals surface area contributed by atoms with E-state index in [4.69, 9.17) is 9.84 Å². The number of piperidine rings is 1. The van der Waals surface area contributed by atoms with Crippen molar-refractivity contribution in [2.75, 3.05) is 19.7 Å². The summed E-state index contributed by atoms with van der Waals surface area (Å²) in [5.41, 5.74) is 1.92. The number of para-hydroxylation sites is 1. The minimum absolute atomic E-state index is 0.441. The number of rotatable bonds is 4. The van der Waals surface area contributed by atoms with Crippen molar-refractivity contribution in [3.05, 3.63) is 42.1 Å². The van der Waals surface area contributed by atoms with Crippen LogP contribution >= 0.6 is 0 Å². The second-order valence-electron chi connectivity index (χ2n) is 5.72. The van der Waals surface area contributed by atoms with Gasteiger partial charge in [-0.1, -0.05) is 24.3 Å². The van der Waals surface area contributed by atoms with Gasteiger partial charge in [0.05, 0.1) is 24.4 Å². The van der Waals surface area contributed by atoms with Gasteiger partial charge in [-0.25, -0.2) is 4.79 Å². The molecule has 116 valence electrons. The smallest absolute Gasteiger partial charge is 0.407 e. The van der Waals surface area contributed by atoms with Gasteiger partial charge in [-0.2, -0.15) is 0 Å². The number of hydrogen-bond donors (Lipinski definition) is 1. The first-order chi connectivity index (χ1) is 10.7. The lowest BCUT2D eigenvalue weighted by atomic mass is 9.98. The lowest BCUT2D eigenvalue weighted by Gasteiger charge is -2.29. The largest absolute Gasteiger partial charge is 0.465 e. The van der Waals surface area contributed by atoms with Gasteiger partial charge in [0.2, 0.25) is 0 Å². The first kappa shape index (κ1) is 14.8. The Kier molecular flexibility index (Phi) is 4.53. The van der Waals surface area contributed by atoms with Crippen LogP contribution in [0.4, 0.5) is 4.79 Å². The Bertz CT molecular complexity index is 651. The number of carbonyl (C=O) groups is 1. The highest BCUT2D eigenvalue weighted by molar-refractivity contribution is 5.78. The molecule has 5 heteroatoms. The highest BCUT2D eigenvalue weighted by Gasteiger charge is 2.22. The summed E-state index contributed by atoms with van der Waals surface area (Å²) in [6, 6.07) is 12.1. The SMILES string of the molecule is O=C(O)N1CCC(COCc2ccc3ccccc3n2)CC1. The van der Waals surface area contributed by atoms with Crippen LogP contribution in [0.3, 0.4) is 0 Å². The molecule has 0 atom stereocenters. The molecule has 0 saturated carbocycles. The first-order valence-electron chi connectivity index (χ1n) is 7.62. The van der Waals surface area contributed by atoms with E-state index in [9.17, 15) is 4.79 Å². The first-order valence-corrected chi connectivity index (χ1v) is 7.62. The van der Waals surface area contributed by atoms with Gasteiger partial charge in [-0.05, 0) is 30.9 Å². The zero-order valence-electron chi connectivity index (χ0n) is 12.4. The number of hydrogen-bond acceptors (Lipinski definition) is 3. The normalized spacial score (nSPS) is 16.1. The molecule has 1 aliphatic heterocycles. The fourth-order valence-electron chi connectivity index (χ4n) is 2.81. The van der Waals surface area contributed by atoms with Gasteiger partial charge in [-0.15, -0.1) is 0 Å². The van der Waals surface area contributed by atoms with Gasteiger partial charge >= 0.3 is 6.09 Å². The Morgan fingerprint density at radius 3 is 2.77 bits per heavy atom. The molecule has 1 aromatic carbocycles.